The summed E-state index contributed by atoms with van der Waals surface area (Å²) in [5.41, 5.74) is 2.78. The Morgan fingerprint density at radius 2 is 2.17 bits per heavy atom. The van der Waals surface area contributed by atoms with Gasteiger partial charge >= 0.3 is 0 Å². The molecule has 124 valence electrons. The Labute approximate surface area is 140 Å². The van der Waals surface area contributed by atoms with Crippen LogP contribution in [0.3, 0.4) is 0 Å². The topological polar surface area (TPSA) is 65.6 Å². The van der Waals surface area contributed by atoms with Gasteiger partial charge in [0.05, 0.1) is 17.9 Å². The maximum Gasteiger partial charge on any atom is 0.143 e. The Kier molecular flexibility index (Phi) is 3.88. The maximum absolute atomic E-state index is 11.1. The van der Waals surface area contributed by atoms with Crippen LogP contribution in [0.2, 0.25) is 0 Å². The van der Waals surface area contributed by atoms with E-state index >= 15 is 0 Å². The van der Waals surface area contributed by atoms with Crippen molar-refractivity contribution in [2.24, 2.45) is 13.0 Å². The first-order valence-corrected chi connectivity index (χ1v) is 8.52. The molecule has 0 spiro atoms. The number of aromatic nitrogens is 5. The van der Waals surface area contributed by atoms with Crippen molar-refractivity contribution in [1.29, 1.82) is 0 Å². The van der Waals surface area contributed by atoms with E-state index in [4.69, 9.17) is 0 Å². The van der Waals surface area contributed by atoms with Gasteiger partial charge in [0.15, 0.2) is 0 Å². The molecule has 0 aromatic carbocycles. The van der Waals surface area contributed by atoms with Crippen LogP contribution < -0.4 is 0 Å². The van der Waals surface area contributed by atoms with Gasteiger partial charge in [-0.25, -0.2) is 9.97 Å². The summed E-state index contributed by atoms with van der Waals surface area (Å²) < 4.78 is 3.95. The highest BCUT2D eigenvalue weighted by Gasteiger charge is 2.27. The van der Waals surface area contributed by atoms with Gasteiger partial charge in [0, 0.05) is 36.8 Å². The van der Waals surface area contributed by atoms with Gasteiger partial charge in [0.1, 0.15) is 18.3 Å². The zero-order chi connectivity index (χ0) is 16.5. The molecule has 6 heteroatoms. The second-order valence-electron chi connectivity index (χ2n) is 6.61. The number of hydrogen-bond donors (Lipinski definition) is 0. The fourth-order valence-electron chi connectivity index (χ4n) is 3.91. The van der Waals surface area contributed by atoms with E-state index in [0.29, 0.717) is 12.3 Å². The van der Waals surface area contributed by atoms with Crippen LogP contribution in [0.4, 0.5) is 0 Å². The van der Waals surface area contributed by atoms with Crippen molar-refractivity contribution in [3.05, 3.63) is 31.0 Å². The van der Waals surface area contributed by atoms with Crippen LogP contribution in [0.15, 0.2) is 31.0 Å². The number of rotatable bonds is 5. The highest BCUT2D eigenvalue weighted by molar-refractivity contribution is 5.90. The van der Waals surface area contributed by atoms with Crippen LogP contribution in [-0.2, 0) is 11.8 Å². The standard InChI is InChI=1S/C18H21N5O/c1-22-8-6-15-17(19-12-20-18(15)22)14-10-21-23(11-14)16(7-9-24)13-4-2-3-5-13/h6,8-13,16H,2-5,7H2,1H3/t16-/m1/s1. The van der Waals surface area contributed by atoms with Crippen LogP contribution in [0.1, 0.15) is 38.1 Å². The lowest BCUT2D eigenvalue weighted by Gasteiger charge is -2.21. The van der Waals surface area contributed by atoms with Gasteiger partial charge in [0.2, 0.25) is 0 Å². The molecule has 3 aromatic heterocycles. The predicted octanol–water partition coefficient (Wildman–Crippen LogP) is 3.15. The molecule has 0 aliphatic heterocycles. The summed E-state index contributed by atoms with van der Waals surface area (Å²) in [7, 11) is 1.97. The Bertz CT molecular complexity index is 859. The van der Waals surface area contributed by atoms with Crippen molar-refractivity contribution in [2.75, 3.05) is 0 Å². The molecular weight excluding hydrogens is 302 g/mol. The molecule has 3 aromatic rings. The number of aldehydes is 1. The van der Waals surface area contributed by atoms with E-state index in [-0.39, 0.29) is 6.04 Å². The van der Waals surface area contributed by atoms with Crippen LogP contribution in [0.25, 0.3) is 22.3 Å². The summed E-state index contributed by atoms with van der Waals surface area (Å²) in [5, 5.41) is 5.58. The molecule has 0 unspecified atom stereocenters. The molecule has 0 radical (unpaired) electrons. The van der Waals surface area contributed by atoms with E-state index in [9.17, 15) is 4.79 Å². The molecule has 1 saturated carbocycles. The number of hydrogen-bond acceptors (Lipinski definition) is 4. The minimum atomic E-state index is 0.159. The Balaban J connectivity index is 1.71. The van der Waals surface area contributed by atoms with E-state index in [1.807, 2.05) is 41.0 Å². The first-order chi connectivity index (χ1) is 11.8. The van der Waals surface area contributed by atoms with Crippen molar-refractivity contribution in [1.82, 2.24) is 24.3 Å². The van der Waals surface area contributed by atoms with Crippen molar-refractivity contribution >= 4 is 17.3 Å². The molecule has 6 nitrogen and oxygen atoms in total. The zero-order valence-electron chi connectivity index (χ0n) is 13.8. The molecule has 0 saturated heterocycles. The number of nitrogens with zero attached hydrogens (tertiary/aromatic N) is 5. The Hall–Kier alpha value is -2.50. The molecule has 4 rings (SSSR count). The fraction of sp³-hybridized carbons (Fsp3) is 0.444. The lowest BCUT2D eigenvalue weighted by atomic mass is 9.96. The van der Waals surface area contributed by atoms with Crippen molar-refractivity contribution in [3.63, 3.8) is 0 Å². The van der Waals surface area contributed by atoms with Gasteiger partial charge < -0.3 is 9.36 Å². The first-order valence-electron chi connectivity index (χ1n) is 8.52. The number of fused-ring (bicyclic) bond motifs is 1. The highest BCUT2D eigenvalue weighted by Crippen LogP contribution is 2.36. The normalized spacial score (nSPS) is 16.7. The van der Waals surface area contributed by atoms with Crippen LogP contribution in [0.5, 0.6) is 0 Å². The number of carbonyl (C=O) groups is 1. The number of carbonyl (C=O) groups excluding carboxylic acids is 1. The van der Waals surface area contributed by atoms with Crippen LogP contribution >= 0.6 is 0 Å². The minimum Gasteiger partial charge on any atom is -0.335 e. The van der Waals surface area contributed by atoms with Gasteiger partial charge in [-0.15, -0.1) is 0 Å². The molecular formula is C18H21N5O. The first kappa shape index (κ1) is 15.1. The van der Waals surface area contributed by atoms with Crippen molar-refractivity contribution in [2.45, 2.75) is 38.1 Å². The zero-order valence-corrected chi connectivity index (χ0v) is 13.8. The monoisotopic (exact) mass is 323 g/mol. The van der Waals surface area contributed by atoms with Crippen LogP contribution in [-0.4, -0.2) is 30.6 Å². The summed E-state index contributed by atoms with van der Waals surface area (Å²) >= 11 is 0. The SMILES string of the molecule is Cn1ccc2c(-c3cnn([C@H](CC=O)C4CCCC4)c3)ncnc21. The van der Waals surface area contributed by atoms with E-state index < -0.39 is 0 Å². The minimum absolute atomic E-state index is 0.159. The summed E-state index contributed by atoms with van der Waals surface area (Å²) in [5.74, 6) is 0.546. The summed E-state index contributed by atoms with van der Waals surface area (Å²) in [6.07, 6.45) is 13.9. The van der Waals surface area contributed by atoms with Gasteiger partial charge in [-0.2, -0.15) is 5.10 Å². The predicted molar refractivity (Wildman–Crippen MR) is 91.4 cm³/mol. The number of aryl methyl sites for hydroxylation is 1. The summed E-state index contributed by atoms with van der Waals surface area (Å²) in [6.45, 7) is 0. The molecule has 0 amide bonds. The molecule has 1 atom stereocenters. The molecule has 0 bridgehead atoms. The Morgan fingerprint density at radius 3 is 2.96 bits per heavy atom. The fourth-order valence-corrected chi connectivity index (χ4v) is 3.91. The molecule has 1 aliphatic rings. The van der Waals surface area contributed by atoms with Gasteiger partial charge in [-0.1, -0.05) is 12.8 Å². The third kappa shape index (κ3) is 2.52. The summed E-state index contributed by atoms with van der Waals surface area (Å²) in [6, 6.07) is 2.19. The van der Waals surface area contributed by atoms with Gasteiger partial charge in [0.25, 0.3) is 0 Å². The highest BCUT2D eigenvalue weighted by atomic mass is 16.1. The smallest absolute Gasteiger partial charge is 0.143 e. The lowest BCUT2D eigenvalue weighted by molar-refractivity contribution is -0.108. The van der Waals surface area contributed by atoms with Crippen molar-refractivity contribution in [3.8, 4) is 11.3 Å². The summed E-state index contributed by atoms with van der Waals surface area (Å²) in [4.78, 5) is 19.9. The van der Waals surface area contributed by atoms with Gasteiger partial charge in [-0.3, -0.25) is 4.68 Å². The largest absolute Gasteiger partial charge is 0.335 e. The molecule has 1 aliphatic carbocycles. The third-order valence-electron chi connectivity index (χ3n) is 5.16. The van der Waals surface area contributed by atoms with Crippen LogP contribution in [0, 0.1) is 5.92 Å². The molecule has 24 heavy (non-hydrogen) atoms. The van der Waals surface area contributed by atoms with E-state index in [1.165, 1.54) is 25.7 Å². The third-order valence-corrected chi connectivity index (χ3v) is 5.16. The lowest BCUT2D eigenvalue weighted by Crippen LogP contribution is -2.18. The van der Waals surface area contributed by atoms with E-state index in [0.717, 1.165) is 28.6 Å². The Morgan fingerprint density at radius 1 is 1.33 bits per heavy atom. The van der Waals surface area contributed by atoms with Crippen molar-refractivity contribution < 1.29 is 4.79 Å². The maximum atomic E-state index is 11.1. The van der Waals surface area contributed by atoms with E-state index in [2.05, 4.69) is 15.1 Å². The second kappa shape index (κ2) is 6.19. The molecule has 1 fully saturated rings. The molecule has 3 heterocycles. The average molecular weight is 323 g/mol. The second-order valence-corrected chi connectivity index (χ2v) is 6.61. The van der Waals surface area contributed by atoms with Gasteiger partial charge in [-0.05, 0) is 24.8 Å². The van der Waals surface area contributed by atoms with E-state index in [1.54, 1.807) is 6.33 Å². The average Bonchev–Trinajstić information content (AvgIpc) is 3.34. The molecule has 0 N–H and O–H groups in total. The quantitative estimate of drug-likeness (QED) is 0.677.